The average molecular weight is 171 g/mol. The lowest BCUT2D eigenvalue weighted by Crippen LogP contribution is -2.29. The van der Waals surface area contributed by atoms with Crippen molar-refractivity contribution in [2.45, 2.75) is 59.9 Å². The van der Waals surface area contributed by atoms with Gasteiger partial charge in [0.2, 0.25) is 0 Å². The Balaban J connectivity index is 3.58. The second-order valence-electron chi connectivity index (χ2n) is 4.76. The molecule has 0 heterocycles. The van der Waals surface area contributed by atoms with Crippen LogP contribution in [0.4, 0.5) is 0 Å². The standard InChI is InChI=1S/C11H25N/c1-6-10(12-7-2)8-9-11(3,4)5/h10,12H,6-9H2,1-5H3. The van der Waals surface area contributed by atoms with E-state index in [1.807, 2.05) is 0 Å². The van der Waals surface area contributed by atoms with E-state index in [1.165, 1.54) is 19.3 Å². The number of nitrogens with one attached hydrogen (secondary N) is 1. The molecule has 0 radical (unpaired) electrons. The largest absolute Gasteiger partial charge is 0.314 e. The minimum absolute atomic E-state index is 0.489. The van der Waals surface area contributed by atoms with Gasteiger partial charge < -0.3 is 5.32 Å². The van der Waals surface area contributed by atoms with Crippen LogP contribution in [0.5, 0.6) is 0 Å². The van der Waals surface area contributed by atoms with E-state index in [1.54, 1.807) is 0 Å². The quantitative estimate of drug-likeness (QED) is 0.670. The van der Waals surface area contributed by atoms with Crippen LogP contribution in [0, 0.1) is 5.41 Å². The third-order valence-corrected chi connectivity index (χ3v) is 2.23. The predicted octanol–water partition coefficient (Wildman–Crippen LogP) is 3.20. The summed E-state index contributed by atoms with van der Waals surface area (Å²) >= 11 is 0. The first-order valence-corrected chi connectivity index (χ1v) is 5.23. The lowest BCUT2D eigenvalue weighted by Gasteiger charge is -2.22. The lowest BCUT2D eigenvalue weighted by molar-refractivity contribution is 0.328. The highest BCUT2D eigenvalue weighted by atomic mass is 14.9. The van der Waals surface area contributed by atoms with E-state index in [9.17, 15) is 0 Å². The first-order valence-electron chi connectivity index (χ1n) is 5.23. The molecule has 0 spiro atoms. The van der Waals surface area contributed by atoms with E-state index < -0.39 is 0 Å². The molecule has 74 valence electrons. The SMILES string of the molecule is CCNC(CC)CCC(C)(C)C. The molecule has 0 aromatic heterocycles. The van der Waals surface area contributed by atoms with Gasteiger partial charge in [-0.15, -0.1) is 0 Å². The van der Waals surface area contributed by atoms with Crippen LogP contribution in [0.1, 0.15) is 53.9 Å². The Morgan fingerprint density at radius 3 is 2.08 bits per heavy atom. The zero-order chi connectivity index (χ0) is 9.61. The summed E-state index contributed by atoms with van der Waals surface area (Å²) in [6.45, 7) is 12.5. The molecule has 0 amide bonds. The summed E-state index contributed by atoms with van der Waals surface area (Å²) in [7, 11) is 0. The van der Waals surface area contributed by atoms with Crippen molar-refractivity contribution in [3.63, 3.8) is 0 Å². The van der Waals surface area contributed by atoms with Gasteiger partial charge in [0, 0.05) is 6.04 Å². The van der Waals surface area contributed by atoms with Crippen LogP contribution < -0.4 is 5.32 Å². The number of rotatable bonds is 5. The van der Waals surface area contributed by atoms with Crippen LogP contribution in [-0.4, -0.2) is 12.6 Å². The minimum atomic E-state index is 0.489. The fourth-order valence-corrected chi connectivity index (χ4v) is 1.35. The van der Waals surface area contributed by atoms with Gasteiger partial charge in [-0.25, -0.2) is 0 Å². The van der Waals surface area contributed by atoms with Gasteiger partial charge in [0.1, 0.15) is 0 Å². The van der Waals surface area contributed by atoms with Gasteiger partial charge in [0.05, 0.1) is 0 Å². The fraction of sp³-hybridized carbons (Fsp3) is 1.00. The maximum absolute atomic E-state index is 3.50. The first kappa shape index (κ1) is 12.0. The van der Waals surface area contributed by atoms with Gasteiger partial charge in [-0.1, -0.05) is 34.6 Å². The van der Waals surface area contributed by atoms with Crippen LogP contribution in [0.2, 0.25) is 0 Å². The Morgan fingerprint density at radius 1 is 1.17 bits per heavy atom. The molecule has 0 saturated carbocycles. The monoisotopic (exact) mass is 171 g/mol. The van der Waals surface area contributed by atoms with E-state index in [0.717, 1.165) is 12.6 Å². The predicted molar refractivity (Wildman–Crippen MR) is 56.4 cm³/mol. The Morgan fingerprint density at radius 2 is 1.75 bits per heavy atom. The van der Waals surface area contributed by atoms with Crippen LogP contribution in [-0.2, 0) is 0 Å². The summed E-state index contributed by atoms with van der Waals surface area (Å²) in [5.74, 6) is 0. The Hall–Kier alpha value is -0.0400. The molecule has 0 saturated heterocycles. The summed E-state index contributed by atoms with van der Waals surface area (Å²) in [6, 6.07) is 0.731. The summed E-state index contributed by atoms with van der Waals surface area (Å²) in [6.07, 6.45) is 3.89. The molecule has 1 atom stereocenters. The smallest absolute Gasteiger partial charge is 0.00645 e. The van der Waals surface area contributed by atoms with Gasteiger partial charge in [-0.05, 0) is 31.2 Å². The minimum Gasteiger partial charge on any atom is -0.314 e. The highest BCUT2D eigenvalue weighted by molar-refractivity contribution is 4.69. The van der Waals surface area contributed by atoms with Gasteiger partial charge in [0.25, 0.3) is 0 Å². The maximum Gasteiger partial charge on any atom is 0.00645 e. The van der Waals surface area contributed by atoms with Crippen LogP contribution in [0.15, 0.2) is 0 Å². The molecule has 0 aromatic rings. The third kappa shape index (κ3) is 6.66. The van der Waals surface area contributed by atoms with E-state index in [0.29, 0.717) is 5.41 Å². The van der Waals surface area contributed by atoms with Crippen molar-refractivity contribution in [1.29, 1.82) is 0 Å². The van der Waals surface area contributed by atoms with E-state index in [4.69, 9.17) is 0 Å². The first-order chi connectivity index (χ1) is 5.49. The molecule has 1 unspecified atom stereocenters. The molecule has 1 N–H and O–H groups in total. The van der Waals surface area contributed by atoms with Crippen molar-refractivity contribution in [3.8, 4) is 0 Å². The second-order valence-corrected chi connectivity index (χ2v) is 4.76. The molecule has 0 rings (SSSR count). The lowest BCUT2D eigenvalue weighted by atomic mass is 9.88. The molecule has 0 aliphatic rings. The Kier molecular flexibility index (Phi) is 5.56. The molecule has 1 nitrogen and oxygen atoms in total. The fourth-order valence-electron chi connectivity index (χ4n) is 1.35. The van der Waals surface area contributed by atoms with E-state index in [2.05, 4.69) is 39.9 Å². The molecule has 0 aromatic carbocycles. The second kappa shape index (κ2) is 5.58. The molecule has 0 aliphatic carbocycles. The molecule has 0 bridgehead atoms. The molecular formula is C11H25N. The molecule has 12 heavy (non-hydrogen) atoms. The van der Waals surface area contributed by atoms with Crippen molar-refractivity contribution in [3.05, 3.63) is 0 Å². The normalized spacial score (nSPS) is 14.8. The van der Waals surface area contributed by atoms with E-state index in [-0.39, 0.29) is 0 Å². The molecule has 0 aliphatic heterocycles. The highest BCUT2D eigenvalue weighted by Gasteiger charge is 2.12. The van der Waals surface area contributed by atoms with Gasteiger partial charge >= 0.3 is 0 Å². The average Bonchev–Trinajstić information content (AvgIpc) is 1.96. The molecule has 0 fully saturated rings. The summed E-state index contributed by atoms with van der Waals surface area (Å²) in [5, 5.41) is 3.50. The van der Waals surface area contributed by atoms with E-state index >= 15 is 0 Å². The van der Waals surface area contributed by atoms with Crippen LogP contribution >= 0.6 is 0 Å². The van der Waals surface area contributed by atoms with Crippen molar-refractivity contribution in [1.82, 2.24) is 5.32 Å². The van der Waals surface area contributed by atoms with Crippen molar-refractivity contribution in [2.24, 2.45) is 5.41 Å². The van der Waals surface area contributed by atoms with Crippen LogP contribution in [0.3, 0.4) is 0 Å². The van der Waals surface area contributed by atoms with Crippen molar-refractivity contribution >= 4 is 0 Å². The Labute approximate surface area is 77.9 Å². The van der Waals surface area contributed by atoms with Crippen molar-refractivity contribution in [2.75, 3.05) is 6.54 Å². The maximum atomic E-state index is 3.50. The number of hydrogen-bond acceptors (Lipinski definition) is 1. The zero-order valence-corrected chi connectivity index (χ0v) is 9.41. The van der Waals surface area contributed by atoms with Crippen molar-refractivity contribution < 1.29 is 0 Å². The molecule has 1 heteroatoms. The summed E-state index contributed by atoms with van der Waals surface area (Å²) in [4.78, 5) is 0. The molecular weight excluding hydrogens is 146 g/mol. The third-order valence-electron chi connectivity index (χ3n) is 2.23. The summed E-state index contributed by atoms with van der Waals surface area (Å²) in [5.41, 5.74) is 0.489. The van der Waals surface area contributed by atoms with Crippen LogP contribution in [0.25, 0.3) is 0 Å². The highest BCUT2D eigenvalue weighted by Crippen LogP contribution is 2.22. The topological polar surface area (TPSA) is 12.0 Å². The van der Waals surface area contributed by atoms with Gasteiger partial charge in [-0.3, -0.25) is 0 Å². The van der Waals surface area contributed by atoms with Gasteiger partial charge in [-0.2, -0.15) is 0 Å². The summed E-state index contributed by atoms with van der Waals surface area (Å²) < 4.78 is 0. The zero-order valence-electron chi connectivity index (χ0n) is 9.41. The van der Waals surface area contributed by atoms with Gasteiger partial charge in [0.15, 0.2) is 0 Å². The Bertz CT molecular complexity index is 102. The number of hydrogen-bond donors (Lipinski definition) is 1.